The highest BCUT2D eigenvalue weighted by atomic mass is 16.4. The van der Waals surface area contributed by atoms with Gasteiger partial charge in [0.25, 0.3) is 0 Å². The van der Waals surface area contributed by atoms with Crippen molar-refractivity contribution < 1.29 is 14.7 Å². The Morgan fingerprint density at radius 1 is 1.33 bits per heavy atom. The summed E-state index contributed by atoms with van der Waals surface area (Å²) in [5.41, 5.74) is 1.02. The van der Waals surface area contributed by atoms with Gasteiger partial charge in [0.2, 0.25) is 5.91 Å². The van der Waals surface area contributed by atoms with Crippen molar-refractivity contribution in [3.8, 4) is 0 Å². The molecule has 4 heteroatoms. The van der Waals surface area contributed by atoms with E-state index < -0.39 is 5.97 Å². The Labute approximate surface area is 106 Å². The predicted molar refractivity (Wildman–Crippen MR) is 67.5 cm³/mol. The summed E-state index contributed by atoms with van der Waals surface area (Å²) in [6.45, 7) is 0. The summed E-state index contributed by atoms with van der Waals surface area (Å²) >= 11 is 0. The van der Waals surface area contributed by atoms with E-state index in [1.807, 2.05) is 7.05 Å². The second kappa shape index (κ2) is 5.21. The standard InChI is InChI=1S/C14H17NO3/c1-15(11-7-8-11)13(16)9-6-10-4-2-3-5-12(10)14(17)18/h2-5,11H,6-9H2,1H3,(H,17,18). The Balaban J connectivity index is 1.97. The summed E-state index contributed by atoms with van der Waals surface area (Å²) in [5, 5.41) is 9.04. The van der Waals surface area contributed by atoms with Crippen molar-refractivity contribution >= 4 is 11.9 Å². The van der Waals surface area contributed by atoms with Crippen LogP contribution in [0.25, 0.3) is 0 Å². The topological polar surface area (TPSA) is 57.6 Å². The summed E-state index contributed by atoms with van der Waals surface area (Å²) in [6.07, 6.45) is 3.04. The zero-order valence-electron chi connectivity index (χ0n) is 10.4. The first-order valence-electron chi connectivity index (χ1n) is 6.16. The molecule has 1 aromatic rings. The zero-order chi connectivity index (χ0) is 13.1. The lowest BCUT2D eigenvalue weighted by molar-refractivity contribution is -0.130. The van der Waals surface area contributed by atoms with Gasteiger partial charge < -0.3 is 10.0 Å². The average Bonchev–Trinajstić information content (AvgIpc) is 3.19. The molecule has 1 fully saturated rings. The summed E-state index contributed by atoms with van der Waals surface area (Å²) in [6, 6.07) is 7.26. The van der Waals surface area contributed by atoms with Gasteiger partial charge in [-0.05, 0) is 30.9 Å². The Morgan fingerprint density at radius 3 is 2.61 bits per heavy atom. The van der Waals surface area contributed by atoms with E-state index in [0.717, 1.165) is 18.4 Å². The molecule has 0 aromatic heterocycles. The number of aryl methyl sites for hydroxylation is 1. The minimum absolute atomic E-state index is 0.0951. The molecule has 4 nitrogen and oxygen atoms in total. The van der Waals surface area contributed by atoms with E-state index >= 15 is 0 Å². The number of nitrogens with zero attached hydrogens (tertiary/aromatic N) is 1. The van der Waals surface area contributed by atoms with Gasteiger partial charge in [0.1, 0.15) is 0 Å². The molecule has 0 saturated heterocycles. The molecule has 1 amide bonds. The third-order valence-corrected chi connectivity index (χ3v) is 3.34. The summed E-state index contributed by atoms with van der Waals surface area (Å²) in [5.74, 6) is -0.841. The lowest BCUT2D eigenvalue weighted by Crippen LogP contribution is -2.28. The minimum atomic E-state index is -0.936. The molecule has 1 aliphatic rings. The number of carboxylic acids is 1. The van der Waals surface area contributed by atoms with Gasteiger partial charge in [-0.25, -0.2) is 4.79 Å². The van der Waals surface area contributed by atoms with Gasteiger partial charge in [0.15, 0.2) is 0 Å². The van der Waals surface area contributed by atoms with Crippen LogP contribution in [0.15, 0.2) is 24.3 Å². The number of amides is 1. The molecular formula is C14H17NO3. The van der Waals surface area contributed by atoms with Crippen molar-refractivity contribution in [3.05, 3.63) is 35.4 Å². The quantitative estimate of drug-likeness (QED) is 0.865. The third kappa shape index (κ3) is 2.88. The second-order valence-corrected chi connectivity index (χ2v) is 4.70. The highest BCUT2D eigenvalue weighted by molar-refractivity contribution is 5.89. The monoisotopic (exact) mass is 247 g/mol. The molecule has 0 radical (unpaired) electrons. The van der Waals surface area contributed by atoms with Crippen LogP contribution in [0.2, 0.25) is 0 Å². The number of rotatable bonds is 5. The normalized spacial score (nSPS) is 14.3. The largest absolute Gasteiger partial charge is 0.478 e. The molecular weight excluding hydrogens is 230 g/mol. The van der Waals surface area contributed by atoms with Crippen LogP contribution in [0, 0.1) is 0 Å². The first kappa shape index (κ1) is 12.6. The summed E-state index contributed by atoms with van der Waals surface area (Å²) in [4.78, 5) is 24.7. The van der Waals surface area contributed by atoms with Crippen LogP contribution in [0.5, 0.6) is 0 Å². The number of carboxylic acid groups (broad SMARTS) is 1. The number of hydrogen-bond donors (Lipinski definition) is 1. The fourth-order valence-corrected chi connectivity index (χ4v) is 2.03. The number of hydrogen-bond acceptors (Lipinski definition) is 2. The van der Waals surface area contributed by atoms with Crippen LogP contribution in [0.4, 0.5) is 0 Å². The van der Waals surface area contributed by atoms with Crippen molar-refractivity contribution in [3.63, 3.8) is 0 Å². The molecule has 18 heavy (non-hydrogen) atoms. The van der Waals surface area contributed by atoms with E-state index in [4.69, 9.17) is 5.11 Å². The summed E-state index contributed by atoms with van der Waals surface area (Å²) < 4.78 is 0. The molecule has 2 rings (SSSR count). The predicted octanol–water partition coefficient (Wildman–Crippen LogP) is 1.94. The smallest absolute Gasteiger partial charge is 0.335 e. The maximum Gasteiger partial charge on any atom is 0.335 e. The molecule has 1 N–H and O–H groups in total. The lowest BCUT2D eigenvalue weighted by atomic mass is 10.0. The van der Waals surface area contributed by atoms with E-state index in [0.29, 0.717) is 24.4 Å². The van der Waals surface area contributed by atoms with E-state index in [1.54, 1.807) is 29.2 Å². The Morgan fingerprint density at radius 2 is 2.00 bits per heavy atom. The van der Waals surface area contributed by atoms with Gasteiger partial charge >= 0.3 is 5.97 Å². The van der Waals surface area contributed by atoms with Crippen LogP contribution in [0.1, 0.15) is 35.2 Å². The van der Waals surface area contributed by atoms with Gasteiger partial charge in [-0.3, -0.25) is 4.79 Å². The first-order valence-corrected chi connectivity index (χ1v) is 6.16. The SMILES string of the molecule is CN(C(=O)CCc1ccccc1C(=O)O)C1CC1. The van der Waals surface area contributed by atoms with Crippen LogP contribution in [0.3, 0.4) is 0 Å². The molecule has 1 aliphatic carbocycles. The molecule has 0 aliphatic heterocycles. The van der Waals surface area contributed by atoms with Gasteiger partial charge in [-0.1, -0.05) is 18.2 Å². The van der Waals surface area contributed by atoms with E-state index in [2.05, 4.69) is 0 Å². The van der Waals surface area contributed by atoms with Crippen molar-refractivity contribution in [2.45, 2.75) is 31.7 Å². The van der Waals surface area contributed by atoms with Gasteiger partial charge in [0.05, 0.1) is 5.56 Å². The van der Waals surface area contributed by atoms with Crippen molar-refractivity contribution in [1.82, 2.24) is 4.90 Å². The third-order valence-electron chi connectivity index (χ3n) is 3.34. The number of benzene rings is 1. The molecule has 0 atom stereocenters. The average molecular weight is 247 g/mol. The minimum Gasteiger partial charge on any atom is -0.478 e. The van der Waals surface area contributed by atoms with E-state index in [9.17, 15) is 9.59 Å². The number of carbonyl (C=O) groups is 2. The molecule has 0 spiro atoms. The number of aromatic carboxylic acids is 1. The van der Waals surface area contributed by atoms with Crippen LogP contribution in [-0.2, 0) is 11.2 Å². The molecule has 96 valence electrons. The molecule has 1 saturated carbocycles. The Kier molecular flexibility index (Phi) is 3.65. The van der Waals surface area contributed by atoms with Crippen molar-refractivity contribution in [2.75, 3.05) is 7.05 Å². The van der Waals surface area contributed by atoms with Crippen molar-refractivity contribution in [1.29, 1.82) is 0 Å². The fraction of sp³-hybridized carbons (Fsp3) is 0.429. The maximum atomic E-state index is 11.9. The Bertz CT molecular complexity index is 466. The molecule has 0 bridgehead atoms. The highest BCUT2D eigenvalue weighted by Gasteiger charge is 2.29. The van der Waals surface area contributed by atoms with Crippen LogP contribution < -0.4 is 0 Å². The fourth-order valence-electron chi connectivity index (χ4n) is 2.03. The van der Waals surface area contributed by atoms with Gasteiger partial charge in [-0.2, -0.15) is 0 Å². The second-order valence-electron chi connectivity index (χ2n) is 4.70. The molecule has 1 aromatic carbocycles. The van der Waals surface area contributed by atoms with Gasteiger partial charge in [-0.15, -0.1) is 0 Å². The molecule has 0 heterocycles. The lowest BCUT2D eigenvalue weighted by Gasteiger charge is -2.16. The van der Waals surface area contributed by atoms with E-state index in [1.165, 1.54) is 0 Å². The van der Waals surface area contributed by atoms with Crippen LogP contribution in [-0.4, -0.2) is 35.0 Å². The maximum absolute atomic E-state index is 11.9. The first-order chi connectivity index (χ1) is 8.59. The van der Waals surface area contributed by atoms with Crippen molar-refractivity contribution in [2.24, 2.45) is 0 Å². The van der Waals surface area contributed by atoms with Gasteiger partial charge in [0, 0.05) is 19.5 Å². The highest BCUT2D eigenvalue weighted by Crippen LogP contribution is 2.26. The molecule has 0 unspecified atom stereocenters. The Hall–Kier alpha value is -1.84. The number of carbonyl (C=O) groups excluding carboxylic acids is 1. The van der Waals surface area contributed by atoms with Crippen LogP contribution >= 0.6 is 0 Å². The zero-order valence-corrected chi connectivity index (χ0v) is 10.4. The summed E-state index contributed by atoms with van der Waals surface area (Å²) in [7, 11) is 1.82. The van der Waals surface area contributed by atoms with E-state index in [-0.39, 0.29) is 5.91 Å².